The van der Waals surface area contributed by atoms with E-state index >= 15 is 0 Å². The average molecular weight is 186 g/mol. The molecule has 0 aliphatic heterocycles. The zero-order chi connectivity index (χ0) is 7.82. The van der Waals surface area contributed by atoms with Gasteiger partial charge in [-0.3, -0.25) is 4.39 Å². The van der Waals surface area contributed by atoms with Gasteiger partial charge in [-0.15, -0.1) is 0 Å². The Morgan fingerprint density at radius 3 is 2.18 bits per heavy atom. The van der Waals surface area contributed by atoms with Crippen molar-refractivity contribution in [3.8, 4) is 0 Å². The van der Waals surface area contributed by atoms with Gasteiger partial charge in [0, 0.05) is 5.97 Å². The van der Waals surface area contributed by atoms with Gasteiger partial charge >= 0.3 is 51.4 Å². The van der Waals surface area contributed by atoms with Gasteiger partial charge < -0.3 is 9.90 Å². The summed E-state index contributed by atoms with van der Waals surface area (Å²) in [4.78, 5) is 9.85. The van der Waals surface area contributed by atoms with Crippen molar-refractivity contribution >= 4 is 5.97 Å². The van der Waals surface area contributed by atoms with Crippen molar-refractivity contribution in [1.82, 2.24) is 0 Å². The Balaban J connectivity index is 0. The number of carboxylic acids is 1. The topological polar surface area (TPSA) is 40.1 Å². The predicted octanol–water partition coefficient (Wildman–Crippen LogP) is -2.34. The summed E-state index contributed by atoms with van der Waals surface area (Å²) in [6.07, 6.45) is 2.84. The molecule has 0 aliphatic rings. The van der Waals surface area contributed by atoms with Crippen LogP contribution >= 0.6 is 0 Å². The largest absolute Gasteiger partial charge is 1.00 e. The molecule has 60 valence electrons. The molecular weight excluding hydrogens is 174 g/mol. The van der Waals surface area contributed by atoms with E-state index in [0.29, 0.717) is 12.8 Å². The van der Waals surface area contributed by atoms with Crippen molar-refractivity contribution < 1.29 is 65.7 Å². The van der Waals surface area contributed by atoms with Crippen molar-refractivity contribution in [1.29, 1.82) is 0 Å². The van der Waals surface area contributed by atoms with Crippen LogP contribution in [0.4, 0.5) is 4.39 Å². The minimum atomic E-state index is -1.01. The fraction of sp³-hybridized carbons (Fsp3) is 0.857. The van der Waals surface area contributed by atoms with E-state index in [1.54, 1.807) is 0 Å². The number of carbonyl (C=O) groups excluding carboxylic acids is 1. The van der Waals surface area contributed by atoms with Crippen molar-refractivity contribution in [2.75, 3.05) is 6.67 Å². The molecule has 0 saturated heterocycles. The van der Waals surface area contributed by atoms with Gasteiger partial charge in [0.05, 0.1) is 6.67 Å². The van der Waals surface area contributed by atoms with Gasteiger partial charge in [0.1, 0.15) is 0 Å². The molecule has 0 atom stereocenters. The maximum atomic E-state index is 11.5. The first kappa shape index (κ1) is 14.6. The number of carbonyl (C=O) groups is 1. The Morgan fingerprint density at radius 1 is 1.18 bits per heavy atom. The van der Waals surface area contributed by atoms with E-state index < -0.39 is 5.97 Å². The normalized spacial score (nSPS) is 8.82. The zero-order valence-electron chi connectivity index (χ0n) is 6.94. The van der Waals surface area contributed by atoms with Gasteiger partial charge in [0.25, 0.3) is 0 Å². The van der Waals surface area contributed by atoms with Gasteiger partial charge in [-0.2, -0.15) is 0 Å². The van der Waals surface area contributed by atoms with E-state index in [9.17, 15) is 14.3 Å². The van der Waals surface area contributed by atoms with Gasteiger partial charge in [-0.05, 0) is 19.3 Å². The van der Waals surface area contributed by atoms with Gasteiger partial charge in [-0.1, -0.05) is 12.8 Å². The molecule has 0 aromatic rings. The van der Waals surface area contributed by atoms with Crippen LogP contribution in [0.15, 0.2) is 0 Å². The van der Waals surface area contributed by atoms with Crippen LogP contribution in [-0.4, -0.2) is 12.6 Å². The zero-order valence-corrected chi connectivity index (χ0v) is 10.1. The average Bonchev–Trinajstić information content (AvgIpc) is 1.87. The molecule has 2 nitrogen and oxygen atoms in total. The molecule has 0 radical (unpaired) electrons. The van der Waals surface area contributed by atoms with Crippen molar-refractivity contribution in [2.45, 2.75) is 32.1 Å². The third kappa shape index (κ3) is 14.0. The number of hydrogen-bond acceptors (Lipinski definition) is 2. The Kier molecular flexibility index (Phi) is 14.6. The fourth-order valence-electron chi connectivity index (χ4n) is 0.717. The summed E-state index contributed by atoms with van der Waals surface area (Å²) in [7, 11) is 0. The third-order valence-corrected chi connectivity index (χ3v) is 1.26. The summed E-state index contributed by atoms with van der Waals surface area (Å²) in [5.41, 5.74) is 0. The third-order valence-electron chi connectivity index (χ3n) is 1.26. The molecule has 0 aliphatic carbocycles. The van der Waals surface area contributed by atoms with E-state index in [1.165, 1.54) is 0 Å². The minimum absolute atomic E-state index is 0. The summed E-state index contributed by atoms with van der Waals surface area (Å²) in [6, 6.07) is 0. The van der Waals surface area contributed by atoms with Gasteiger partial charge in [0.2, 0.25) is 0 Å². The second-order valence-electron chi connectivity index (χ2n) is 2.23. The summed E-state index contributed by atoms with van der Waals surface area (Å²) in [5.74, 6) is -1.01. The maximum Gasteiger partial charge on any atom is 1.00 e. The molecule has 0 unspecified atom stereocenters. The number of unbranched alkanes of at least 4 members (excludes halogenated alkanes) is 3. The van der Waals surface area contributed by atoms with Gasteiger partial charge in [0.15, 0.2) is 0 Å². The van der Waals surface area contributed by atoms with Crippen LogP contribution in [0.2, 0.25) is 0 Å². The molecule has 4 heteroatoms. The number of halogens is 1. The monoisotopic (exact) mass is 186 g/mol. The predicted molar refractivity (Wildman–Crippen MR) is 34.1 cm³/mol. The summed E-state index contributed by atoms with van der Waals surface area (Å²) >= 11 is 0. The Bertz CT molecular complexity index is 98.4. The molecule has 11 heavy (non-hydrogen) atoms. The molecule has 0 saturated carbocycles. The Morgan fingerprint density at radius 2 is 1.73 bits per heavy atom. The number of hydrogen-bond donors (Lipinski definition) is 0. The van der Waals surface area contributed by atoms with E-state index in [1.807, 2.05) is 0 Å². The van der Waals surface area contributed by atoms with Crippen LogP contribution in [0.3, 0.4) is 0 Å². The number of aliphatic carboxylic acids is 1. The van der Waals surface area contributed by atoms with Crippen LogP contribution in [0, 0.1) is 0 Å². The fourth-order valence-corrected chi connectivity index (χ4v) is 0.717. The molecular formula is C7H12FKO2. The van der Waals surface area contributed by atoms with Crippen LogP contribution in [0.25, 0.3) is 0 Å². The molecule has 0 aromatic heterocycles. The van der Waals surface area contributed by atoms with Crippen molar-refractivity contribution in [3.05, 3.63) is 0 Å². The quantitative estimate of drug-likeness (QED) is 0.344. The summed E-state index contributed by atoms with van der Waals surface area (Å²) in [6.45, 7) is -0.300. The maximum absolute atomic E-state index is 11.5. The molecule has 0 rings (SSSR count). The Hall–Kier alpha value is 1.04. The summed E-state index contributed by atoms with van der Waals surface area (Å²) < 4.78 is 11.5. The number of rotatable bonds is 6. The standard InChI is InChI=1S/C7H13FO2.K/c8-6-4-2-1-3-5-7(9)10;/h1-6H2,(H,9,10);/q;+1/p-1. The van der Waals surface area contributed by atoms with Crippen molar-refractivity contribution in [2.24, 2.45) is 0 Å². The molecule has 0 fully saturated rings. The summed E-state index contributed by atoms with van der Waals surface area (Å²) in [5, 5.41) is 9.85. The molecule has 0 spiro atoms. The smallest absolute Gasteiger partial charge is 0.550 e. The first-order valence-electron chi connectivity index (χ1n) is 3.53. The van der Waals surface area contributed by atoms with E-state index in [4.69, 9.17) is 0 Å². The number of alkyl halides is 1. The molecule has 0 aromatic carbocycles. The molecule has 0 amide bonds. The first-order valence-corrected chi connectivity index (χ1v) is 3.53. The first-order chi connectivity index (χ1) is 4.77. The minimum Gasteiger partial charge on any atom is -0.550 e. The van der Waals surface area contributed by atoms with E-state index in [-0.39, 0.29) is 64.5 Å². The van der Waals surface area contributed by atoms with Gasteiger partial charge in [-0.25, -0.2) is 0 Å². The van der Waals surface area contributed by atoms with Crippen LogP contribution < -0.4 is 56.5 Å². The van der Waals surface area contributed by atoms with Crippen LogP contribution in [0.1, 0.15) is 32.1 Å². The molecule has 0 bridgehead atoms. The SMILES string of the molecule is O=C([O-])CCCCCCF.[K+]. The second kappa shape index (κ2) is 11.0. The van der Waals surface area contributed by atoms with Crippen LogP contribution in [-0.2, 0) is 4.79 Å². The van der Waals surface area contributed by atoms with Crippen molar-refractivity contribution in [3.63, 3.8) is 0 Å². The van der Waals surface area contributed by atoms with Crippen LogP contribution in [0.5, 0.6) is 0 Å². The van der Waals surface area contributed by atoms with E-state index in [0.717, 1.165) is 12.8 Å². The molecule has 0 N–H and O–H groups in total. The second-order valence-corrected chi connectivity index (χ2v) is 2.23. The number of carboxylic acid groups (broad SMARTS) is 1. The Labute approximate surface area is 109 Å². The molecule has 0 heterocycles. The van der Waals surface area contributed by atoms with E-state index in [2.05, 4.69) is 0 Å².